The van der Waals surface area contributed by atoms with Crippen LogP contribution in [-0.2, 0) is 4.79 Å². The zero-order valence-corrected chi connectivity index (χ0v) is 15.2. The topological polar surface area (TPSA) is 98.7 Å². The van der Waals surface area contributed by atoms with Crippen molar-refractivity contribution in [2.75, 3.05) is 12.4 Å². The molecule has 3 rings (SSSR count). The number of amides is 1. The Hall–Kier alpha value is -2.09. The van der Waals surface area contributed by atoms with Crippen molar-refractivity contribution in [3.63, 3.8) is 0 Å². The molecule has 0 aliphatic heterocycles. The van der Waals surface area contributed by atoms with Gasteiger partial charge >= 0.3 is 0 Å². The van der Waals surface area contributed by atoms with Gasteiger partial charge < -0.3 is 11.2 Å². The Labute approximate surface area is 151 Å². The molecule has 25 heavy (non-hydrogen) atoms. The lowest BCUT2D eigenvalue weighted by Gasteiger charge is -2.22. The average Bonchev–Trinajstić information content (AvgIpc) is 3.01. The summed E-state index contributed by atoms with van der Waals surface area (Å²) >= 11 is 1.31. The third kappa shape index (κ3) is 4.50. The van der Waals surface area contributed by atoms with Crippen LogP contribution < -0.4 is 11.2 Å². The average molecular weight is 360 g/mol. The van der Waals surface area contributed by atoms with E-state index in [0.717, 1.165) is 12.1 Å². The van der Waals surface area contributed by atoms with Crippen molar-refractivity contribution in [2.45, 2.75) is 49.4 Å². The number of nitrogens with two attached hydrogens (primary N) is 1. The van der Waals surface area contributed by atoms with E-state index < -0.39 is 0 Å². The standard InChI is InChI=1S/C17H24N6OS/c1-12(16(24)20-10-13-6-3-2-4-7-13)25-17-22-21-15(23(17)18)14-8-5-9-19-11-14/h5,8-9,11-13H,2-4,6-7,10,18H2,1H3,(H,20,24)/t12-/m0/s1. The van der Waals surface area contributed by atoms with E-state index in [1.54, 1.807) is 12.4 Å². The van der Waals surface area contributed by atoms with Crippen LogP contribution in [-0.4, -0.2) is 37.6 Å². The molecule has 0 unspecified atom stereocenters. The summed E-state index contributed by atoms with van der Waals surface area (Å²) in [6.07, 6.45) is 9.68. The summed E-state index contributed by atoms with van der Waals surface area (Å²) in [6.45, 7) is 2.62. The molecular weight excluding hydrogens is 336 g/mol. The van der Waals surface area contributed by atoms with Crippen LogP contribution in [0.5, 0.6) is 0 Å². The molecule has 1 aliphatic carbocycles. The van der Waals surface area contributed by atoms with Crippen LogP contribution in [0.25, 0.3) is 11.4 Å². The van der Waals surface area contributed by atoms with E-state index in [4.69, 9.17) is 5.84 Å². The lowest BCUT2D eigenvalue weighted by molar-refractivity contribution is -0.120. The Morgan fingerprint density at radius 1 is 1.40 bits per heavy atom. The minimum atomic E-state index is -0.281. The number of hydrogen-bond acceptors (Lipinski definition) is 6. The highest BCUT2D eigenvalue weighted by Gasteiger charge is 2.21. The van der Waals surface area contributed by atoms with Gasteiger partial charge in [0.25, 0.3) is 0 Å². The number of hydrogen-bond donors (Lipinski definition) is 2. The molecule has 1 amide bonds. The maximum atomic E-state index is 12.3. The number of pyridine rings is 1. The molecule has 0 aromatic carbocycles. The van der Waals surface area contributed by atoms with Crippen LogP contribution in [0.2, 0.25) is 0 Å². The third-order valence-corrected chi connectivity index (χ3v) is 5.58. The van der Waals surface area contributed by atoms with Gasteiger partial charge in [0, 0.05) is 24.5 Å². The zero-order valence-electron chi connectivity index (χ0n) is 14.4. The molecule has 0 bridgehead atoms. The maximum absolute atomic E-state index is 12.3. The van der Waals surface area contributed by atoms with Crippen molar-refractivity contribution in [1.82, 2.24) is 25.2 Å². The fourth-order valence-electron chi connectivity index (χ4n) is 3.04. The van der Waals surface area contributed by atoms with Crippen LogP contribution in [0.15, 0.2) is 29.7 Å². The fraction of sp³-hybridized carbons (Fsp3) is 0.529. The molecule has 0 radical (unpaired) electrons. The number of carbonyl (C=O) groups is 1. The van der Waals surface area contributed by atoms with Crippen LogP contribution in [0.4, 0.5) is 0 Å². The van der Waals surface area contributed by atoms with E-state index >= 15 is 0 Å². The molecule has 2 aromatic heterocycles. The Morgan fingerprint density at radius 3 is 2.92 bits per heavy atom. The predicted octanol–water partition coefficient (Wildman–Crippen LogP) is 2.23. The second kappa shape index (κ2) is 8.33. The lowest BCUT2D eigenvalue weighted by Crippen LogP contribution is -2.35. The smallest absolute Gasteiger partial charge is 0.233 e. The molecule has 3 N–H and O–H groups in total. The highest BCUT2D eigenvalue weighted by molar-refractivity contribution is 8.00. The second-order valence-corrected chi connectivity index (χ2v) is 7.74. The number of thioether (sulfide) groups is 1. The summed E-state index contributed by atoms with van der Waals surface area (Å²) < 4.78 is 1.41. The first-order chi connectivity index (χ1) is 12.1. The fourth-order valence-corrected chi connectivity index (χ4v) is 3.84. The molecule has 1 aliphatic rings. The highest BCUT2D eigenvalue weighted by atomic mass is 32.2. The van der Waals surface area contributed by atoms with Gasteiger partial charge in [-0.1, -0.05) is 31.0 Å². The van der Waals surface area contributed by atoms with Crippen molar-refractivity contribution in [3.8, 4) is 11.4 Å². The molecular formula is C17H24N6OS. The van der Waals surface area contributed by atoms with Gasteiger partial charge in [-0.25, -0.2) is 4.68 Å². The van der Waals surface area contributed by atoms with E-state index in [0.29, 0.717) is 16.9 Å². The lowest BCUT2D eigenvalue weighted by atomic mass is 9.89. The van der Waals surface area contributed by atoms with Crippen LogP contribution >= 0.6 is 11.8 Å². The van der Waals surface area contributed by atoms with Gasteiger partial charge in [-0.15, -0.1) is 10.2 Å². The SMILES string of the molecule is C[C@H](Sc1nnc(-c2cccnc2)n1N)C(=O)NCC1CCCCC1. The van der Waals surface area contributed by atoms with Gasteiger partial charge in [0.2, 0.25) is 11.1 Å². The molecule has 1 atom stereocenters. The summed E-state index contributed by atoms with van der Waals surface area (Å²) in [5.74, 6) is 7.25. The van der Waals surface area contributed by atoms with Gasteiger partial charge in [-0.05, 0) is 37.8 Å². The second-order valence-electron chi connectivity index (χ2n) is 6.43. The normalized spacial score (nSPS) is 16.5. The molecule has 1 fully saturated rings. The monoisotopic (exact) mass is 360 g/mol. The molecule has 1 saturated carbocycles. The predicted molar refractivity (Wildman–Crippen MR) is 98.3 cm³/mol. The van der Waals surface area contributed by atoms with Crippen molar-refractivity contribution < 1.29 is 4.79 Å². The number of nitrogens with zero attached hydrogens (tertiary/aromatic N) is 4. The van der Waals surface area contributed by atoms with Crippen molar-refractivity contribution >= 4 is 17.7 Å². The molecule has 0 spiro atoms. The van der Waals surface area contributed by atoms with Gasteiger partial charge in [-0.2, -0.15) is 0 Å². The first-order valence-corrected chi connectivity index (χ1v) is 9.58. The van der Waals surface area contributed by atoms with E-state index in [2.05, 4.69) is 20.5 Å². The number of aromatic nitrogens is 4. The minimum Gasteiger partial charge on any atom is -0.355 e. The van der Waals surface area contributed by atoms with E-state index in [1.807, 2.05) is 19.1 Å². The van der Waals surface area contributed by atoms with Crippen molar-refractivity contribution in [3.05, 3.63) is 24.5 Å². The van der Waals surface area contributed by atoms with E-state index in [-0.39, 0.29) is 11.2 Å². The number of rotatable bonds is 6. The quantitative estimate of drug-likeness (QED) is 0.605. The summed E-state index contributed by atoms with van der Waals surface area (Å²) in [4.78, 5) is 16.4. The van der Waals surface area contributed by atoms with Gasteiger partial charge in [0.1, 0.15) is 0 Å². The third-order valence-electron chi connectivity index (χ3n) is 4.53. The summed E-state index contributed by atoms with van der Waals surface area (Å²) in [5, 5.41) is 11.5. The molecule has 2 heterocycles. The highest BCUT2D eigenvalue weighted by Crippen LogP contribution is 2.25. The minimum absolute atomic E-state index is 0.0153. The van der Waals surface area contributed by atoms with Crippen molar-refractivity contribution in [1.29, 1.82) is 0 Å². The zero-order chi connectivity index (χ0) is 17.6. The summed E-state index contributed by atoms with van der Waals surface area (Å²) in [5.41, 5.74) is 0.791. The Morgan fingerprint density at radius 2 is 2.20 bits per heavy atom. The molecule has 2 aromatic rings. The van der Waals surface area contributed by atoms with Crippen molar-refractivity contribution in [2.24, 2.45) is 5.92 Å². The Kier molecular flexibility index (Phi) is 5.91. The van der Waals surface area contributed by atoms with Gasteiger partial charge in [-0.3, -0.25) is 9.78 Å². The summed E-state index contributed by atoms with van der Waals surface area (Å²) in [7, 11) is 0. The van der Waals surface area contributed by atoms with Gasteiger partial charge in [0.15, 0.2) is 5.82 Å². The number of nitrogens with one attached hydrogen (secondary N) is 1. The van der Waals surface area contributed by atoms with Crippen LogP contribution in [0.3, 0.4) is 0 Å². The molecule has 7 nitrogen and oxygen atoms in total. The first-order valence-electron chi connectivity index (χ1n) is 8.70. The van der Waals surface area contributed by atoms with Gasteiger partial charge in [0.05, 0.1) is 5.25 Å². The largest absolute Gasteiger partial charge is 0.355 e. The summed E-state index contributed by atoms with van der Waals surface area (Å²) in [6, 6.07) is 3.69. The maximum Gasteiger partial charge on any atom is 0.233 e. The van der Waals surface area contributed by atoms with Crippen LogP contribution in [0.1, 0.15) is 39.0 Å². The number of carbonyl (C=O) groups excluding carboxylic acids is 1. The molecule has 134 valence electrons. The van der Waals surface area contributed by atoms with Crippen LogP contribution in [0, 0.1) is 5.92 Å². The molecule has 0 saturated heterocycles. The Bertz CT molecular complexity index is 698. The first kappa shape index (κ1) is 17.7. The number of nitrogen functional groups attached to an aromatic ring is 1. The van der Waals surface area contributed by atoms with E-state index in [9.17, 15) is 4.79 Å². The Balaban J connectivity index is 1.56. The molecule has 8 heteroatoms. The van der Waals surface area contributed by atoms with E-state index in [1.165, 1.54) is 48.5 Å².